The van der Waals surface area contributed by atoms with Crippen LogP contribution in [0.5, 0.6) is 0 Å². The lowest BCUT2D eigenvalue weighted by Crippen LogP contribution is -2.31. The Bertz CT molecular complexity index is 775. The molecule has 2 aromatic carbocycles. The van der Waals surface area contributed by atoms with Gasteiger partial charge in [0.15, 0.2) is 0 Å². The third-order valence-corrected chi connectivity index (χ3v) is 5.45. The van der Waals surface area contributed by atoms with Crippen LogP contribution < -0.4 is 4.90 Å². The van der Waals surface area contributed by atoms with Crippen LogP contribution in [0, 0.1) is 0 Å². The highest BCUT2D eigenvalue weighted by molar-refractivity contribution is 6.07. The molecular weight excluding hydrogens is 304 g/mol. The van der Waals surface area contributed by atoms with Crippen molar-refractivity contribution in [3.8, 4) is 0 Å². The second kappa shape index (κ2) is 7.43. The first kappa shape index (κ1) is 16.4. The van der Waals surface area contributed by atoms with Gasteiger partial charge in [0, 0.05) is 19.4 Å². The zero-order chi connectivity index (χ0) is 17.1. The van der Waals surface area contributed by atoms with E-state index in [9.17, 15) is 0 Å². The Morgan fingerprint density at radius 2 is 1.84 bits per heavy atom. The maximum atomic E-state index is 5.01. The van der Waals surface area contributed by atoms with E-state index >= 15 is 0 Å². The third kappa shape index (κ3) is 3.22. The molecule has 0 unspecified atom stereocenters. The summed E-state index contributed by atoms with van der Waals surface area (Å²) in [6, 6.07) is 15.8. The van der Waals surface area contributed by atoms with Crippen LogP contribution in [0.3, 0.4) is 0 Å². The van der Waals surface area contributed by atoms with Crippen molar-refractivity contribution in [3.05, 3.63) is 59.2 Å². The van der Waals surface area contributed by atoms with Crippen molar-refractivity contribution in [1.82, 2.24) is 0 Å². The number of aryl methyl sites for hydroxylation is 1. The van der Waals surface area contributed by atoms with Crippen molar-refractivity contribution in [1.29, 1.82) is 0 Å². The van der Waals surface area contributed by atoms with Gasteiger partial charge in [0.1, 0.15) is 5.84 Å². The topological polar surface area (TPSA) is 15.6 Å². The van der Waals surface area contributed by atoms with Crippen molar-refractivity contribution in [3.63, 3.8) is 0 Å². The van der Waals surface area contributed by atoms with Crippen LogP contribution in [-0.4, -0.2) is 12.4 Å². The Morgan fingerprint density at radius 3 is 2.76 bits per heavy atom. The van der Waals surface area contributed by atoms with E-state index < -0.39 is 0 Å². The van der Waals surface area contributed by atoms with Crippen LogP contribution in [0.1, 0.15) is 62.1 Å². The van der Waals surface area contributed by atoms with E-state index in [1.807, 2.05) is 0 Å². The average molecular weight is 332 g/mol. The normalized spacial score (nSPS) is 16.7. The molecule has 0 radical (unpaired) electrons. The van der Waals surface area contributed by atoms with Crippen molar-refractivity contribution in [2.45, 2.75) is 58.3 Å². The van der Waals surface area contributed by atoms with E-state index in [4.69, 9.17) is 4.99 Å². The molecule has 0 amide bonds. The van der Waals surface area contributed by atoms with Gasteiger partial charge in [0.05, 0.1) is 11.4 Å². The van der Waals surface area contributed by atoms with Gasteiger partial charge in [-0.3, -0.25) is 9.89 Å². The lowest BCUT2D eigenvalue weighted by atomic mass is 9.91. The van der Waals surface area contributed by atoms with E-state index in [1.165, 1.54) is 66.0 Å². The summed E-state index contributed by atoms with van der Waals surface area (Å²) in [4.78, 5) is 7.51. The molecule has 130 valence electrons. The largest absolute Gasteiger partial charge is 0.298 e. The second-order valence-electron chi connectivity index (χ2n) is 7.28. The van der Waals surface area contributed by atoms with Gasteiger partial charge in [0.25, 0.3) is 0 Å². The molecule has 25 heavy (non-hydrogen) atoms. The Kier molecular flexibility index (Phi) is 4.87. The molecule has 2 heteroatoms. The maximum absolute atomic E-state index is 5.01. The van der Waals surface area contributed by atoms with E-state index in [2.05, 4.69) is 54.3 Å². The molecule has 0 aliphatic carbocycles. The highest BCUT2D eigenvalue weighted by Gasteiger charge is 2.28. The predicted octanol–water partition coefficient (Wildman–Crippen LogP) is 6.04. The zero-order valence-corrected chi connectivity index (χ0v) is 15.3. The average Bonchev–Trinajstić information content (AvgIpc) is 2.93. The Balaban J connectivity index is 1.85. The number of benzene rings is 2. The fourth-order valence-electron chi connectivity index (χ4n) is 4.16. The molecule has 4 rings (SSSR count). The summed E-state index contributed by atoms with van der Waals surface area (Å²) < 4.78 is 0. The minimum Gasteiger partial charge on any atom is -0.298 e. The number of nitrogens with zero attached hydrogens (tertiary/aromatic N) is 2. The highest BCUT2D eigenvalue weighted by atomic mass is 15.2. The molecule has 0 spiro atoms. The summed E-state index contributed by atoms with van der Waals surface area (Å²) in [5.41, 5.74) is 7.14. The molecule has 0 atom stereocenters. The summed E-state index contributed by atoms with van der Waals surface area (Å²) >= 11 is 0. The number of hydrogen-bond donors (Lipinski definition) is 0. The summed E-state index contributed by atoms with van der Waals surface area (Å²) in [7, 11) is 0. The number of hydrogen-bond acceptors (Lipinski definition) is 2. The zero-order valence-electron chi connectivity index (χ0n) is 15.3. The quantitative estimate of drug-likeness (QED) is 0.668. The van der Waals surface area contributed by atoms with E-state index in [1.54, 1.807) is 0 Å². The number of rotatable bonds is 3. The Hall–Kier alpha value is -2.09. The number of unbranched alkanes of at least 4 members (excludes halogenated alkanes) is 1. The fourth-order valence-corrected chi connectivity index (χ4v) is 4.16. The number of amidine groups is 1. The monoisotopic (exact) mass is 332 g/mol. The summed E-state index contributed by atoms with van der Waals surface area (Å²) in [6.45, 7) is 3.25. The first-order valence-corrected chi connectivity index (χ1v) is 9.90. The van der Waals surface area contributed by atoms with E-state index in [0.717, 1.165) is 25.8 Å². The van der Waals surface area contributed by atoms with Gasteiger partial charge in [-0.05, 0) is 48.4 Å². The molecule has 2 aromatic rings. The van der Waals surface area contributed by atoms with Crippen LogP contribution in [0.2, 0.25) is 0 Å². The summed E-state index contributed by atoms with van der Waals surface area (Å²) in [6.07, 6.45) is 9.55. The molecule has 2 heterocycles. The van der Waals surface area contributed by atoms with Crippen molar-refractivity contribution in [2.24, 2.45) is 4.99 Å². The predicted molar refractivity (Wildman–Crippen MR) is 107 cm³/mol. The van der Waals surface area contributed by atoms with E-state index in [-0.39, 0.29) is 0 Å². The first-order chi connectivity index (χ1) is 12.4. The van der Waals surface area contributed by atoms with Crippen LogP contribution >= 0.6 is 0 Å². The van der Waals surface area contributed by atoms with Crippen molar-refractivity contribution < 1.29 is 0 Å². The molecule has 2 nitrogen and oxygen atoms in total. The standard InChI is InChI=1S/C23H28N2/c1-2-3-10-18-12-9-13-20-17-19-11-6-7-14-21(19)25(23(18)20)22-15-5-4-8-16-24-22/h6-7,9,11-14H,2-5,8,10,15-17H2,1H3. The SMILES string of the molecule is CCCCc1cccc2c1N(C1=NCCCCC1)c1ccccc1C2. The number of anilines is 2. The minimum atomic E-state index is 0.973. The van der Waals surface area contributed by atoms with Gasteiger partial charge in [-0.1, -0.05) is 56.2 Å². The minimum absolute atomic E-state index is 0.973. The van der Waals surface area contributed by atoms with Gasteiger partial charge in [0.2, 0.25) is 0 Å². The number of para-hydroxylation sites is 2. The molecule has 0 saturated carbocycles. The molecule has 0 fully saturated rings. The molecule has 0 N–H and O–H groups in total. The molecule has 0 bridgehead atoms. The van der Waals surface area contributed by atoms with Gasteiger partial charge in [-0.25, -0.2) is 0 Å². The second-order valence-corrected chi connectivity index (χ2v) is 7.28. The van der Waals surface area contributed by atoms with Crippen LogP contribution in [0.4, 0.5) is 11.4 Å². The molecular formula is C23H28N2. The van der Waals surface area contributed by atoms with Gasteiger partial charge < -0.3 is 0 Å². The van der Waals surface area contributed by atoms with Crippen LogP contribution in [0.25, 0.3) is 0 Å². The van der Waals surface area contributed by atoms with Crippen LogP contribution in [0.15, 0.2) is 47.5 Å². The summed E-state index contributed by atoms with van der Waals surface area (Å²) in [5.74, 6) is 1.27. The van der Waals surface area contributed by atoms with Crippen LogP contribution in [-0.2, 0) is 12.8 Å². The molecule has 2 aliphatic heterocycles. The lowest BCUT2D eigenvalue weighted by Gasteiger charge is -2.36. The Labute approximate surface area is 151 Å². The molecule has 2 aliphatic rings. The first-order valence-electron chi connectivity index (χ1n) is 9.90. The maximum Gasteiger partial charge on any atom is 0.108 e. The Morgan fingerprint density at radius 1 is 0.960 bits per heavy atom. The van der Waals surface area contributed by atoms with Gasteiger partial charge in [-0.15, -0.1) is 0 Å². The highest BCUT2D eigenvalue weighted by Crippen LogP contribution is 2.42. The van der Waals surface area contributed by atoms with E-state index in [0.29, 0.717) is 0 Å². The van der Waals surface area contributed by atoms with Gasteiger partial charge in [-0.2, -0.15) is 0 Å². The molecule has 0 aromatic heterocycles. The summed E-state index contributed by atoms with van der Waals surface area (Å²) in [5, 5.41) is 0. The smallest absolute Gasteiger partial charge is 0.108 e. The third-order valence-electron chi connectivity index (χ3n) is 5.45. The number of aliphatic imine (C=N–C) groups is 1. The van der Waals surface area contributed by atoms with Gasteiger partial charge >= 0.3 is 0 Å². The fraction of sp³-hybridized carbons (Fsp3) is 0.435. The van der Waals surface area contributed by atoms with Crippen molar-refractivity contribution in [2.75, 3.05) is 11.4 Å². The lowest BCUT2D eigenvalue weighted by molar-refractivity contribution is 0.730. The van der Waals surface area contributed by atoms with Crippen molar-refractivity contribution >= 4 is 17.2 Å². The molecule has 0 saturated heterocycles. The number of fused-ring (bicyclic) bond motifs is 2.